The van der Waals surface area contributed by atoms with Crippen LogP contribution in [0.2, 0.25) is 0 Å². The highest BCUT2D eigenvalue weighted by Gasteiger charge is 2.51. The molecule has 8 nitrogen and oxygen atoms in total. The van der Waals surface area contributed by atoms with Crippen molar-refractivity contribution in [3.05, 3.63) is 71.8 Å². The molecule has 1 heterocycles. The van der Waals surface area contributed by atoms with E-state index in [0.29, 0.717) is 0 Å². The molecule has 0 radical (unpaired) electrons. The molecular formula is C22H20F3NO7. The number of halogens is 3. The average Bonchev–Trinajstić information content (AvgIpc) is 3.14. The molecule has 33 heavy (non-hydrogen) atoms. The van der Waals surface area contributed by atoms with Gasteiger partial charge in [-0.2, -0.15) is 13.2 Å². The summed E-state index contributed by atoms with van der Waals surface area (Å²) >= 11 is 0. The van der Waals surface area contributed by atoms with Crippen molar-refractivity contribution in [1.29, 1.82) is 0 Å². The number of hydrogen-bond donors (Lipinski definition) is 1. The minimum Gasteiger partial charge on any atom is -0.459 e. The molecular weight excluding hydrogens is 447 g/mol. The zero-order valence-corrected chi connectivity index (χ0v) is 17.3. The van der Waals surface area contributed by atoms with Gasteiger partial charge >= 0.3 is 24.0 Å². The molecule has 0 aliphatic carbocycles. The zero-order chi connectivity index (χ0) is 24.0. The van der Waals surface area contributed by atoms with Crippen LogP contribution in [0.15, 0.2) is 60.7 Å². The van der Waals surface area contributed by atoms with Crippen molar-refractivity contribution < 1.29 is 46.5 Å². The predicted molar refractivity (Wildman–Crippen MR) is 106 cm³/mol. The Morgan fingerprint density at radius 3 is 2.00 bits per heavy atom. The number of methoxy groups -OCH3 is 1. The van der Waals surface area contributed by atoms with Gasteiger partial charge < -0.3 is 24.3 Å². The van der Waals surface area contributed by atoms with E-state index in [0.717, 1.165) is 0 Å². The van der Waals surface area contributed by atoms with Crippen molar-refractivity contribution in [3.8, 4) is 0 Å². The molecule has 3 rings (SSSR count). The number of ether oxygens (including phenoxy) is 4. The van der Waals surface area contributed by atoms with Crippen LogP contribution in [-0.2, 0) is 23.7 Å². The topological polar surface area (TPSA) is 100 Å². The maximum atomic E-state index is 12.9. The second-order valence-corrected chi connectivity index (χ2v) is 6.98. The van der Waals surface area contributed by atoms with Crippen LogP contribution in [0.4, 0.5) is 13.2 Å². The van der Waals surface area contributed by atoms with E-state index in [4.69, 9.17) is 18.9 Å². The first-order valence-corrected chi connectivity index (χ1v) is 9.75. The molecule has 1 fully saturated rings. The first kappa shape index (κ1) is 24.2. The average molecular weight is 467 g/mol. The van der Waals surface area contributed by atoms with E-state index in [9.17, 15) is 27.6 Å². The SMILES string of the molecule is CO[C@@H]1O[C@H](COC(=O)c2ccccc2)[C@@H](NC(=O)C(F)(F)F)[C@H]1OC(=O)c1ccccc1. The smallest absolute Gasteiger partial charge is 0.459 e. The van der Waals surface area contributed by atoms with Crippen molar-refractivity contribution in [2.45, 2.75) is 30.7 Å². The second-order valence-electron chi connectivity index (χ2n) is 6.98. The van der Waals surface area contributed by atoms with Gasteiger partial charge in [-0.3, -0.25) is 4.79 Å². The highest BCUT2D eigenvalue weighted by molar-refractivity contribution is 5.90. The zero-order valence-electron chi connectivity index (χ0n) is 17.3. The lowest BCUT2D eigenvalue weighted by Gasteiger charge is -2.25. The Balaban J connectivity index is 1.79. The summed E-state index contributed by atoms with van der Waals surface area (Å²) in [7, 11) is 1.19. The lowest BCUT2D eigenvalue weighted by atomic mass is 10.1. The van der Waals surface area contributed by atoms with Gasteiger partial charge in [0.05, 0.1) is 11.1 Å². The van der Waals surface area contributed by atoms with Crippen LogP contribution in [0.1, 0.15) is 20.7 Å². The van der Waals surface area contributed by atoms with Gasteiger partial charge in [0.2, 0.25) is 0 Å². The number of carbonyl (C=O) groups is 3. The van der Waals surface area contributed by atoms with E-state index >= 15 is 0 Å². The summed E-state index contributed by atoms with van der Waals surface area (Å²) in [6.07, 6.45) is -9.27. The summed E-state index contributed by atoms with van der Waals surface area (Å²) in [6.45, 7) is -0.532. The van der Waals surface area contributed by atoms with Gasteiger partial charge in [0.1, 0.15) is 18.8 Å². The number of amides is 1. The van der Waals surface area contributed by atoms with E-state index in [-0.39, 0.29) is 11.1 Å². The summed E-state index contributed by atoms with van der Waals surface area (Å²) in [4.78, 5) is 36.4. The lowest BCUT2D eigenvalue weighted by molar-refractivity contribution is -0.175. The molecule has 1 aliphatic heterocycles. The van der Waals surface area contributed by atoms with Crippen molar-refractivity contribution in [2.24, 2.45) is 0 Å². The molecule has 1 saturated heterocycles. The van der Waals surface area contributed by atoms with Crippen molar-refractivity contribution >= 4 is 17.8 Å². The van der Waals surface area contributed by atoms with E-state index in [1.165, 1.54) is 31.4 Å². The minimum absolute atomic E-state index is 0.132. The minimum atomic E-state index is -5.20. The fourth-order valence-corrected chi connectivity index (χ4v) is 3.17. The molecule has 0 bridgehead atoms. The maximum Gasteiger partial charge on any atom is 0.471 e. The Kier molecular flexibility index (Phi) is 7.67. The number of esters is 2. The standard InChI is InChI=1S/C22H20F3NO7/c1-30-20-17(33-19(28)14-10-6-3-7-11-14)16(26-21(29)22(23,24)25)15(32-20)12-31-18(27)13-8-4-2-5-9-13/h2-11,15-17,20H,12H2,1H3,(H,26,29)/t15-,16-,17-,20-/m1/s1. The fourth-order valence-electron chi connectivity index (χ4n) is 3.17. The molecule has 1 aliphatic rings. The van der Waals surface area contributed by atoms with Gasteiger partial charge in [-0.15, -0.1) is 0 Å². The number of alkyl halides is 3. The van der Waals surface area contributed by atoms with Crippen LogP contribution in [0.3, 0.4) is 0 Å². The largest absolute Gasteiger partial charge is 0.471 e. The Morgan fingerprint density at radius 1 is 0.939 bits per heavy atom. The Morgan fingerprint density at radius 2 is 1.48 bits per heavy atom. The van der Waals surface area contributed by atoms with Crippen LogP contribution in [0.5, 0.6) is 0 Å². The van der Waals surface area contributed by atoms with Gasteiger partial charge in [-0.05, 0) is 24.3 Å². The molecule has 2 aromatic carbocycles. The summed E-state index contributed by atoms with van der Waals surface area (Å²) in [5, 5.41) is 1.77. The maximum absolute atomic E-state index is 12.9. The van der Waals surface area contributed by atoms with Crippen LogP contribution >= 0.6 is 0 Å². The van der Waals surface area contributed by atoms with Crippen LogP contribution < -0.4 is 5.32 Å². The number of carbonyl (C=O) groups excluding carboxylic acids is 3. The third-order valence-corrected chi connectivity index (χ3v) is 4.76. The molecule has 4 atom stereocenters. The molecule has 176 valence electrons. The molecule has 11 heteroatoms. The molecule has 0 unspecified atom stereocenters. The van der Waals surface area contributed by atoms with Crippen molar-refractivity contribution in [3.63, 3.8) is 0 Å². The summed E-state index contributed by atoms with van der Waals surface area (Å²) in [5.74, 6) is -3.88. The van der Waals surface area contributed by atoms with Gasteiger partial charge in [0.15, 0.2) is 12.4 Å². The third-order valence-electron chi connectivity index (χ3n) is 4.76. The number of benzene rings is 2. The molecule has 0 spiro atoms. The molecule has 0 aromatic heterocycles. The Bertz CT molecular complexity index is 969. The van der Waals surface area contributed by atoms with E-state index in [1.54, 1.807) is 41.7 Å². The normalized spacial score (nSPS) is 22.4. The molecule has 1 N–H and O–H groups in total. The van der Waals surface area contributed by atoms with E-state index in [1.807, 2.05) is 0 Å². The van der Waals surface area contributed by atoms with E-state index < -0.39 is 55.2 Å². The van der Waals surface area contributed by atoms with Gasteiger partial charge in [-0.1, -0.05) is 36.4 Å². The Labute approximate surface area is 186 Å². The van der Waals surface area contributed by atoms with Crippen LogP contribution in [0, 0.1) is 0 Å². The lowest BCUT2D eigenvalue weighted by Crippen LogP contribution is -2.54. The number of hydrogen-bond acceptors (Lipinski definition) is 7. The highest BCUT2D eigenvalue weighted by atomic mass is 19.4. The van der Waals surface area contributed by atoms with Crippen molar-refractivity contribution in [1.82, 2.24) is 5.32 Å². The summed E-state index contributed by atoms with van der Waals surface area (Å²) in [5.41, 5.74) is 0.342. The number of rotatable bonds is 7. The molecule has 0 saturated carbocycles. The molecule has 2 aromatic rings. The Hall–Kier alpha value is -3.44. The van der Waals surface area contributed by atoms with Crippen LogP contribution in [-0.4, -0.2) is 62.3 Å². The van der Waals surface area contributed by atoms with Gasteiger partial charge in [0.25, 0.3) is 0 Å². The second kappa shape index (κ2) is 10.5. The monoisotopic (exact) mass is 467 g/mol. The number of nitrogens with one attached hydrogen (secondary N) is 1. The van der Waals surface area contributed by atoms with E-state index in [2.05, 4.69) is 0 Å². The quantitative estimate of drug-likeness (QED) is 0.625. The highest BCUT2D eigenvalue weighted by Crippen LogP contribution is 2.28. The first-order chi connectivity index (χ1) is 15.7. The van der Waals surface area contributed by atoms with Gasteiger partial charge in [-0.25, -0.2) is 9.59 Å². The van der Waals surface area contributed by atoms with Crippen molar-refractivity contribution in [2.75, 3.05) is 13.7 Å². The first-order valence-electron chi connectivity index (χ1n) is 9.75. The summed E-state index contributed by atoms with van der Waals surface area (Å²) < 4.78 is 59.9. The predicted octanol–water partition coefficient (Wildman–Crippen LogP) is 2.49. The van der Waals surface area contributed by atoms with Gasteiger partial charge in [0, 0.05) is 7.11 Å². The third kappa shape index (κ3) is 6.08. The molecule has 1 amide bonds. The van der Waals surface area contributed by atoms with Crippen LogP contribution in [0.25, 0.3) is 0 Å². The summed E-state index contributed by atoms with van der Waals surface area (Å²) in [6, 6.07) is 14.1. The fraction of sp³-hybridized carbons (Fsp3) is 0.318.